The molecule has 0 aliphatic rings. The highest BCUT2D eigenvalue weighted by molar-refractivity contribution is 9.10. The molecule has 19 heavy (non-hydrogen) atoms. The summed E-state index contributed by atoms with van der Waals surface area (Å²) in [6.07, 6.45) is 2.92. The Balaban J connectivity index is 2.42. The molecule has 0 amide bonds. The first-order chi connectivity index (χ1) is 9.11. The normalized spacial score (nSPS) is 12.4. The molecule has 0 saturated heterocycles. The summed E-state index contributed by atoms with van der Waals surface area (Å²) in [6.45, 7) is 4.88. The second-order valence-corrected chi connectivity index (χ2v) is 5.29. The third-order valence-corrected chi connectivity index (χ3v) is 3.87. The van der Waals surface area contributed by atoms with Crippen molar-refractivity contribution in [2.75, 3.05) is 6.54 Å². The first-order valence-electron chi connectivity index (χ1n) is 6.21. The van der Waals surface area contributed by atoms with Crippen molar-refractivity contribution in [3.05, 3.63) is 63.6 Å². The molecule has 1 N–H and O–H groups in total. The molecule has 2 aromatic rings. The van der Waals surface area contributed by atoms with Gasteiger partial charge in [-0.3, -0.25) is 4.98 Å². The van der Waals surface area contributed by atoms with E-state index in [0.717, 1.165) is 27.7 Å². The molecule has 1 aromatic carbocycles. The fourth-order valence-electron chi connectivity index (χ4n) is 2.07. The summed E-state index contributed by atoms with van der Waals surface area (Å²) in [7, 11) is 0. The number of rotatable bonds is 4. The van der Waals surface area contributed by atoms with E-state index in [-0.39, 0.29) is 11.9 Å². The quantitative estimate of drug-likeness (QED) is 0.920. The van der Waals surface area contributed by atoms with Crippen LogP contribution in [0, 0.1) is 12.7 Å². The molecular formula is C15H16BrFN2. The molecule has 2 nitrogen and oxygen atoms in total. The van der Waals surface area contributed by atoms with E-state index in [4.69, 9.17) is 0 Å². The first-order valence-corrected chi connectivity index (χ1v) is 7.01. The number of halogens is 2. The van der Waals surface area contributed by atoms with E-state index >= 15 is 0 Å². The molecule has 0 spiro atoms. The van der Waals surface area contributed by atoms with Crippen LogP contribution in [0.5, 0.6) is 0 Å². The third kappa shape index (κ3) is 3.39. The molecule has 0 aliphatic heterocycles. The van der Waals surface area contributed by atoms with E-state index in [1.165, 1.54) is 12.3 Å². The number of nitrogens with one attached hydrogen (secondary N) is 1. The van der Waals surface area contributed by atoms with Gasteiger partial charge in [-0.25, -0.2) is 4.39 Å². The molecular weight excluding hydrogens is 307 g/mol. The highest BCUT2D eigenvalue weighted by Crippen LogP contribution is 2.26. The monoisotopic (exact) mass is 322 g/mol. The Morgan fingerprint density at radius 2 is 2.05 bits per heavy atom. The minimum Gasteiger partial charge on any atom is -0.306 e. The van der Waals surface area contributed by atoms with Gasteiger partial charge in [0.05, 0.1) is 12.2 Å². The lowest BCUT2D eigenvalue weighted by Crippen LogP contribution is -2.22. The molecule has 1 atom stereocenters. The highest BCUT2D eigenvalue weighted by atomic mass is 79.9. The predicted molar refractivity (Wildman–Crippen MR) is 78.6 cm³/mol. The van der Waals surface area contributed by atoms with Crippen LogP contribution in [0.2, 0.25) is 0 Å². The van der Waals surface area contributed by atoms with Gasteiger partial charge in [-0.15, -0.1) is 0 Å². The summed E-state index contributed by atoms with van der Waals surface area (Å²) < 4.78 is 14.4. The average Bonchev–Trinajstić information content (AvgIpc) is 2.39. The summed E-state index contributed by atoms with van der Waals surface area (Å²) in [5.74, 6) is -0.311. The zero-order valence-electron chi connectivity index (χ0n) is 11.0. The van der Waals surface area contributed by atoms with Crippen molar-refractivity contribution in [2.45, 2.75) is 19.9 Å². The minimum atomic E-state index is -0.311. The van der Waals surface area contributed by atoms with E-state index in [1.54, 1.807) is 6.20 Å². The number of benzene rings is 1. The van der Waals surface area contributed by atoms with E-state index < -0.39 is 0 Å². The SMILES string of the molecule is CCNC(c1cncc(F)c1)c1ccc(Br)c(C)c1. The highest BCUT2D eigenvalue weighted by Gasteiger charge is 2.14. The van der Waals surface area contributed by atoms with Crippen molar-refractivity contribution in [3.8, 4) is 0 Å². The van der Waals surface area contributed by atoms with Gasteiger partial charge < -0.3 is 5.32 Å². The van der Waals surface area contributed by atoms with Crippen molar-refractivity contribution in [2.24, 2.45) is 0 Å². The molecule has 1 aromatic heterocycles. The molecule has 0 aliphatic carbocycles. The van der Waals surface area contributed by atoms with Crippen LogP contribution in [0.25, 0.3) is 0 Å². The largest absolute Gasteiger partial charge is 0.306 e. The molecule has 100 valence electrons. The Labute approximate surface area is 121 Å². The van der Waals surface area contributed by atoms with Gasteiger partial charge >= 0.3 is 0 Å². The first kappa shape index (κ1) is 14.2. The summed E-state index contributed by atoms with van der Waals surface area (Å²) in [6, 6.07) is 7.64. The smallest absolute Gasteiger partial charge is 0.141 e. The van der Waals surface area contributed by atoms with E-state index in [2.05, 4.69) is 32.3 Å². The standard InChI is InChI=1S/C15H16BrFN2/c1-3-19-15(12-7-13(17)9-18-8-12)11-4-5-14(16)10(2)6-11/h4-9,15,19H,3H2,1-2H3. The Morgan fingerprint density at radius 1 is 1.26 bits per heavy atom. The van der Waals surface area contributed by atoms with Crippen LogP contribution in [-0.2, 0) is 0 Å². The zero-order valence-corrected chi connectivity index (χ0v) is 12.5. The van der Waals surface area contributed by atoms with Crippen molar-refractivity contribution in [3.63, 3.8) is 0 Å². The Morgan fingerprint density at radius 3 is 2.68 bits per heavy atom. The van der Waals surface area contributed by atoms with Gasteiger partial charge in [0, 0.05) is 10.7 Å². The number of pyridine rings is 1. The Bertz CT molecular complexity index is 572. The summed E-state index contributed by atoms with van der Waals surface area (Å²) in [5, 5.41) is 3.37. The summed E-state index contributed by atoms with van der Waals surface area (Å²) in [5.41, 5.74) is 3.10. The van der Waals surface area contributed by atoms with Crippen molar-refractivity contribution in [1.29, 1.82) is 0 Å². The molecule has 0 radical (unpaired) electrons. The maximum absolute atomic E-state index is 13.3. The molecule has 1 unspecified atom stereocenters. The van der Waals surface area contributed by atoms with Crippen LogP contribution >= 0.6 is 15.9 Å². The van der Waals surface area contributed by atoms with Gasteiger partial charge in [-0.2, -0.15) is 0 Å². The maximum atomic E-state index is 13.3. The molecule has 1 heterocycles. The second kappa shape index (κ2) is 6.26. The minimum absolute atomic E-state index is 0.0417. The van der Waals surface area contributed by atoms with Crippen molar-refractivity contribution < 1.29 is 4.39 Å². The second-order valence-electron chi connectivity index (χ2n) is 4.44. The van der Waals surface area contributed by atoms with Gasteiger partial charge in [-0.1, -0.05) is 35.0 Å². The lowest BCUT2D eigenvalue weighted by molar-refractivity contribution is 0.596. The number of hydrogen-bond acceptors (Lipinski definition) is 2. The van der Waals surface area contributed by atoms with Crippen LogP contribution in [-0.4, -0.2) is 11.5 Å². The number of hydrogen-bond donors (Lipinski definition) is 1. The predicted octanol–water partition coefficient (Wildman–Crippen LogP) is 3.99. The fourth-order valence-corrected chi connectivity index (χ4v) is 2.31. The van der Waals surface area contributed by atoms with Gasteiger partial charge in [0.25, 0.3) is 0 Å². The molecule has 0 fully saturated rings. The molecule has 0 bridgehead atoms. The summed E-state index contributed by atoms with van der Waals surface area (Å²) in [4.78, 5) is 3.93. The van der Waals surface area contributed by atoms with Crippen molar-refractivity contribution in [1.82, 2.24) is 10.3 Å². The van der Waals surface area contributed by atoms with Crippen LogP contribution in [0.4, 0.5) is 4.39 Å². The Hall–Kier alpha value is -1.26. The van der Waals surface area contributed by atoms with Crippen LogP contribution < -0.4 is 5.32 Å². The number of nitrogens with zero attached hydrogens (tertiary/aromatic N) is 1. The maximum Gasteiger partial charge on any atom is 0.141 e. The third-order valence-electron chi connectivity index (χ3n) is 2.98. The molecule has 0 saturated carbocycles. The van der Waals surface area contributed by atoms with Crippen LogP contribution in [0.1, 0.15) is 29.7 Å². The van der Waals surface area contributed by atoms with Gasteiger partial charge in [-0.05, 0) is 42.3 Å². The lowest BCUT2D eigenvalue weighted by Gasteiger charge is -2.19. The fraction of sp³-hybridized carbons (Fsp3) is 0.267. The number of aryl methyl sites for hydroxylation is 1. The van der Waals surface area contributed by atoms with Crippen LogP contribution in [0.15, 0.2) is 41.1 Å². The van der Waals surface area contributed by atoms with Gasteiger partial charge in [0.1, 0.15) is 5.82 Å². The molecule has 2 rings (SSSR count). The van der Waals surface area contributed by atoms with Gasteiger partial charge in [0.15, 0.2) is 0 Å². The molecule has 4 heteroatoms. The van der Waals surface area contributed by atoms with E-state index in [0.29, 0.717) is 0 Å². The van der Waals surface area contributed by atoms with Crippen molar-refractivity contribution >= 4 is 15.9 Å². The average molecular weight is 323 g/mol. The number of aromatic nitrogens is 1. The van der Waals surface area contributed by atoms with Gasteiger partial charge in [0.2, 0.25) is 0 Å². The zero-order chi connectivity index (χ0) is 13.8. The van der Waals surface area contributed by atoms with E-state index in [9.17, 15) is 4.39 Å². The topological polar surface area (TPSA) is 24.9 Å². The lowest BCUT2D eigenvalue weighted by atomic mass is 9.98. The van der Waals surface area contributed by atoms with E-state index in [1.807, 2.05) is 26.0 Å². The Kier molecular flexibility index (Phi) is 4.66. The summed E-state index contributed by atoms with van der Waals surface area (Å²) >= 11 is 3.49. The van der Waals surface area contributed by atoms with Crippen LogP contribution in [0.3, 0.4) is 0 Å².